The third kappa shape index (κ3) is 2.35. The average molecular weight is 325 g/mol. The Hall–Kier alpha value is -2.76. The zero-order valence-electron chi connectivity index (χ0n) is 13.6. The van der Waals surface area contributed by atoms with Gasteiger partial charge in [-0.25, -0.2) is 0 Å². The quantitative estimate of drug-likeness (QED) is 0.888. The van der Waals surface area contributed by atoms with Crippen LogP contribution in [0.5, 0.6) is 0 Å². The summed E-state index contributed by atoms with van der Waals surface area (Å²) in [6, 6.07) is 9.18. The van der Waals surface area contributed by atoms with Crippen molar-refractivity contribution in [2.24, 2.45) is 0 Å². The van der Waals surface area contributed by atoms with Crippen molar-refractivity contribution in [2.45, 2.75) is 32.4 Å². The lowest BCUT2D eigenvalue weighted by atomic mass is 10.1. The highest BCUT2D eigenvalue weighted by Crippen LogP contribution is 2.36. The molecule has 6 heteroatoms. The van der Waals surface area contributed by atoms with Crippen molar-refractivity contribution in [3.8, 4) is 0 Å². The fraction of sp³-hybridized carbons (Fsp3) is 0.333. The molecule has 3 heterocycles. The second-order valence-electron chi connectivity index (χ2n) is 6.41. The maximum absolute atomic E-state index is 12.5. The number of furan rings is 1. The van der Waals surface area contributed by atoms with Gasteiger partial charge in [-0.3, -0.25) is 9.59 Å². The van der Waals surface area contributed by atoms with Gasteiger partial charge in [0.2, 0.25) is 5.91 Å². The highest BCUT2D eigenvalue weighted by molar-refractivity contribution is 6.04. The lowest BCUT2D eigenvalue weighted by Gasteiger charge is -2.32. The third-order valence-electron chi connectivity index (χ3n) is 4.70. The van der Waals surface area contributed by atoms with Crippen LogP contribution in [0.3, 0.4) is 0 Å². The highest BCUT2D eigenvalue weighted by Gasteiger charge is 2.41. The molecule has 0 radical (unpaired) electrons. The number of nitrogens with one attached hydrogen (secondary N) is 2. The predicted molar refractivity (Wildman–Crippen MR) is 90.3 cm³/mol. The molecule has 2 amide bonds. The lowest BCUT2D eigenvalue weighted by Crippen LogP contribution is -2.44. The summed E-state index contributed by atoms with van der Waals surface area (Å²) in [4.78, 5) is 26.9. The first-order chi connectivity index (χ1) is 11.5. The van der Waals surface area contributed by atoms with Crippen LogP contribution in [0.2, 0.25) is 0 Å². The summed E-state index contributed by atoms with van der Waals surface area (Å²) in [5, 5.41) is 5.98. The molecular formula is C18H19N3O3. The first-order valence-corrected chi connectivity index (χ1v) is 8.07. The molecule has 2 N–H and O–H groups in total. The number of hydrogen-bond acceptors (Lipinski definition) is 4. The van der Waals surface area contributed by atoms with Crippen LogP contribution >= 0.6 is 0 Å². The van der Waals surface area contributed by atoms with Crippen molar-refractivity contribution in [2.75, 3.05) is 16.8 Å². The molecule has 0 aliphatic carbocycles. The fourth-order valence-corrected chi connectivity index (χ4v) is 3.62. The Kier molecular flexibility index (Phi) is 3.33. The summed E-state index contributed by atoms with van der Waals surface area (Å²) in [7, 11) is 0. The molecule has 4 rings (SSSR count). The van der Waals surface area contributed by atoms with E-state index in [9.17, 15) is 9.59 Å². The smallest absolute Gasteiger partial charge is 0.255 e. The summed E-state index contributed by atoms with van der Waals surface area (Å²) in [5.74, 6) is 1.17. The van der Waals surface area contributed by atoms with Crippen molar-refractivity contribution in [1.82, 2.24) is 5.32 Å². The average Bonchev–Trinajstić information content (AvgIpc) is 3.11. The first-order valence-electron chi connectivity index (χ1n) is 8.07. The number of carbonyl (C=O) groups is 2. The van der Waals surface area contributed by atoms with Gasteiger partial charge < -0.3 is 20.0 Å². The molecule has 1 saturated heterocycles. The molecule has 6 nitrogen and oxygen atoms in total. The van der Waals surface area contributed by atoms with Crippen LogP contribution in [-0.4, -0.2) is 30.4 Å². The Morgan fingerprint density at radius 1 is 1.33 bits per heavy atom. The summed E-state index contributed by atoms with van der Waals surface area (Å²) >= 11 is 0. The summed E-state index contributed by atoms with van der Waals surface area (Å²) in [6.45, 7) is 4.22. The van der Waals surface area contributed by atoms with Crippen LogP contribution in [0.15, 0.2) is 34.7 Å². The predicted octanol–water partition coefficient (Wildman–Crippen LogP) is 2.23. The van der Waals surface area contributed by atoms with E-state index in [-0.39, 0.29) is 23.9 Å². The number of benzene rings is 1. The Labute approximate surface area is 139 Å². The van der Waals surface area contributed by atoms with Crippen molar-refractivity contribution >= 4 is 23.2 Å². The van der Waals surface area contributed by atoms with Crippen LogP contribution in [0.25, 0.3) is 0 Å². The summed E-state index contributed by atoms with van der Waals surface area (Å²) < 4.78 is 5.42. The van der Waals surface area contributed by atoms with Gasteiger partial charge >= 0.3 is 0 Å². The highest BCUT2D eigenvalue weighted by atomic mass is 16.3. The van der Waals surface area contributed by atoms with E-state index in [1.54, 1.807) is 13.0 Å². The van der Waals surface area contributed by atoms with Crippen molar-refractivity contribution < 1.29 is 14.0 Å². The van der Waals surface area contributed by atoms with E-state index in [1.807, 2.05) is 31.2 Å². The largest absolute Gasteiger partial charge is 0.466 e. The molecule has 2 atom stereocenters. The number of anilines is 2. The van der Waals surface area contributed by atoms with E-state index in [0.717, 1.165) is 17.1 Å². The van der Waals surface area contributed by atoms with E-state index in [4.69, 9.17) is 4.42 Å². The van der Waals surface area contributed by atoms with Gasteiger partial charge in [-0.1, -0.05) is 12.1 Å². The molecule has 1 aromatic heterocycles. The van der Waals surface area contributed by atoms with E-state index in [0.29, 0.717) is 24.3 Å². The Bertz CT molecular complexity index is 827. The molecular weight excluding hydrogens is 306 g/mol. The van der Waals surface area contributed by atoms with Gasteiger partial charge in [-0.05, 0) is 38.5 Å². The minimum absolute atomic E-state index is 0.0132. The fourth-order valence-electron chi connectivity index (χ4n) is 3.62. The molecule has 0 saturated carbocycles. The number of amides is 2. The summed E-state index contributed by atoms with van der Waals surface area (Å²) in [6.07, 6.45) is 0.599. The second kappa shape index (κ2) is 5.40. The van der Waals surface area contributed by atoms with Gasteiger partial charge in [-0.2, -0.15) is 0 Å². The number of para-hydroxylation sites is 2. The molecule has 2 aliphatic rings. The maximum Gasteiger partial charge on any atom is 0.255 e. The van der Waals surface area contributed by atoms with Crippen LogP contribution in [0.4, 0.5) is 11.4 Å². The number of hydrogen-bond donors (Lipinski definition) is 2. The topological polar surface area (TPSA) is 74.6 Å². The van der Waals surface area contributed by atoms with Crippen LogP contribution in [0, 0.1) is 13.8 Å². The molecule has 124 valence electrons. The van der Waals surface area contributed by atoms with Crippen LogP contribution in [-0.2, 0) is 4.79 Å². The maximum atomic E-state index is 12.5. The SMILES string of the molecule is Cc1cc(C(=O)NC2CC3C(=O)Nc4ccccc4N3C2)c(C)o1. The van der Waals surface area contributed by atoms with E-state index in [2.05, 4.69) is 15.5 Å². The minimum atomic E-state index is -0.239. The summed E-state index contributed by atoms with van der Waals surface area (Å²) in [5.41, 5.74) is 2.39. The minimum Gasteiger partial charge on any atom is -0.466 e. The van der Waals surface area contributed by atoms with Crippen LogP contribution in [0.1, 0.15) is 28.3 Å². The number of nitrogens with zero attached hydrogens (tertiary/aromatic N) is 1. The number of fused-ring (bicyclic) bond motifs is 3. The van der Waals surface area contributed by atoms with Gasteiger partial charge in [0.05, 0.1) is 16.9 Å². The first kappa shape index (κ1) is 14.8. The van der Waals surface area contributed by atoms with Crippen molar-refractivity contribution in [1.29, 1.82) is 0 Å². The van der Waals surface area contributed by atoms with Gasteiger partial charge in [0.1, 0.15) is 17.6 Å². The Morgan fingerprint density at radius 2 is 2.12 bits per heavy atom. The van der Waals surface area contributed by atoms with E-state index >= 15 is 0 Å². The van der Waals surface area contributed by atoms with E-state index < -0.39 is 0 Å². The Balaban J connectivity index is 1.53. The number of carbonyl (C=O) groups excluding carboxylic acids is 2. The van der Waals surface area contributed by atoms with Crippen molar-refractivity contribution in [3.05, 3.63) is 47.4 Å². The molecule has 1 aromatic carbocycles. The number of rotatable bonds is 2. The molecule has 0 bridgehead atoms. The van der Waals surface area contributed by atoms with Gasteiger partial charge in [0.15, 0.2) is 0 Å². The molecule has 0 spiro atoms. The third-order valence-corrected chi connectivity index (χ3v) is 4.70. The molecule has 2 unspecified atom stereocenters. The molecule has 1 fully saturated rings. The molecule has 2 aromatic rings. The monoisotopic (exact) mass is 325 g/mol. The molecule has 2 aliphatic heterocycles. The van der Waals surface area contributed by atoms with E-state index in [1.165, 1.54) is 0 Å². The zero-order valence-corrected chi connectivity index (χ0v) is 13.6. The normalized spacial score (nSPS) is 21.9. The zero-order chi connectivity index (χ0) is 16.8. The standard InChI is InChI=1S/C18H19N3O3/c1-10-7-13(11(2)24-10)17(22)19-12-8-16-18(23)20-14-5-3-4-6-15(14)21(16)9-12/h3-7,12,16H,8-9H2,1-2H3,(H,19,22)(H,20,23). The van der Waals surface area contributed by atoms with Gasteiger partial charge in [0, 0.05) is 12.6 Å². The van der Waals surface area contributed by atoms with Crippen LogP contribution < -0.4 is 15.5 Å². The second-order valence-corrected chi connectivity index (χ2v) is 6.41. The van der Waals surface area contributed by atoms with Gasteiger partial charge in [0.25, 0.3) is 5.91 Å². The van der Waals surface area contributed by atoms with Crippen molar-refractivity contribution in [3.63, 3.8) is 0 Å². The Morgan fingerprint density at radius 3 is 2.88 bits per heavy atom. The molecule has 24 heavy (non-hydrogen) atoms. The van der Waals surface area contributed by atoms with Gasteiger partial charge in [-0.15, -0.1) is 0 Å². The lowest BCUT2D eigenvalue weighted by molar-refractivity contribution is -0.117. The number of aryl methyl sites for hydroxylation is 2.